The summed E-state index contributed by atoms with van der Waals surface area (Å²) in [7, 11) is 1.93. The number of nitriles is 2. The number of amides is 1. The van der Waals surface area contributed by atoms with Crippen molar-refractivity contribution >= 4 is 23.5 Å². The van der Waals surface area contributed by atoms with Gasteiger partial charge in [0.25, 0.3) is 0 Å². The molecule has 2 aromatic rings. The standard InChI is InChI=1S/C25H30N6OS/c1-3-19-20(16-26)24(30(2)14-15-31-12-8-5-9-13-31)29-25(21(19)17-27)33-22(23(28)32)18-10-6-4-7-11-18/h4,6-7,10-11,22H,3,5,8-9,12-15H2,1-2H3,(H2,28,32). The number of hydrogen-bond acceptors (Lipinski definition) is 7. The Balaban J connectivity index is 1.98. The van der Waals surface area contributed by atoms with Gasteiger partial charge in [-0.1, -0.05) is 55.4 Å². The van der Waals surface area contributed by atoms with Gasteiger partial charge < -0.3 is 15.5 Å². The van der Waals surface area contributed by atoms with Crippen LogP contribution in [0.4, 0.5) is 5.82 Å². The molecule has 2 N–H and O–H groups in total. The van der Waals surface area contributed by atoms with Gasteiger partial charge in [-0.05, 0) is 43.5 Å². The van der Waals surface area contributed by atoms with Crippen LogP contribution in [0, 0.1) is 22.7 Å². The van der Waals surface area contributed by atoms with Crippen molar-refractivity contribution in [2.24, 2.45) is 5.73 Å². The minimum atomic E-state index is -0.685. The highest BCUT2D eigenvalue weighted by Gasteiger charge is 2.26. The van der Waals surface area contributed by atoms with Crippen LogP contribution in [0.25, 0.3) is 0 Å². The Morgan fingerprint density at radius 3 is 2.42 bits per heavy atom. The summed E-state index contributed by atoms with van der Waals surface area (Å²) < 4.78 is 0. The van der Waals surface area contributed by atoms with E-state index in [1.54, 1.807) is 0 Å². The minimum Gasteiger partial charge on any atom is -0.368 e. The molecular weight excluding hydrogens is 432 g/mol. The third kappa shape index (κ3) is 5.84. The van der Waals surface area contributed by atoms with E-state index in [4.69, 9.17) is 10.7 Å². The third-order valence-corrected chi connectivity index (χ3v) is 7.24. The van der Waals surface area contributed by atoms with Gasteiger partial charge in [-0.3, -0.25) is 4.79 Å². The fourth-order valence-electron chi connectivity index (χ4n) is 4.16. The Labute approximate surface area is 200 Å². The smallest absolute Gasteiger partial charge is 0.235 e. The van der Waals surface area contributed by atoms with E-state index >= 15 is 0 Å². The van der Waals surface area contributed by atoms with E-state index in [0.29, 0.717) is 34.0 Å². The van der Waals surface area contributed by atoms with Gasteiger partial charge in [0.1, 0.15) is 28.2 Å². The number of pyridine rings is 1. The lowest BCUT2D eigenvalue weighted by molar-refractivity contribution is -0.117. The molecule has 7 nitrogen and oxygen atoms in total. The number of anilines is 1. The number of carbonyl (C=O) groups excluding carboxylic acids is 1. The van der Waals surface area contributed by atoms with Crippen LogP contribution in [0.2, 0.25) is 0 Å². The van der Waals surface area contributed by atoms with Gasteiger partial charge in [0.05, 0.1) is 11.1 Å². The number of hydrogen-bond donors (Lipinski definition) is 1. The van der Waals surface area contributed by atoms with Crippen LogP contribution in [0.1, 0.15) is 53.7 Å². The third-order valence-electron chi connectivity index (χ3n) is 5.98. The van der Waals surface area contributed by atoms with Crippen molar-refractivity contribution in [3.63, 3.8) is 0 Å². The van der Waals surface area contributed by atoms with Gasteiger partial charge in [0.2, 0.25) is 5.91 Å². The normalized spacial score (nSPS) is 14.8. The Hall–Kier alpha value is -3.07. The summed E-state index contributed by atoms with van der Waals surface area (Å²) >= 11 is 1.17. The zero-order chi connectivity index (χ0) is 23.8. The lowest BCUT2D eigenvalue weighted by Crippen LogP contribution is -2.37. The maximum Gasteiger partial charge on any atom is 0.235 e. The van der Waals surface area contributed by atoms with Gasteiger partial charge >= 0.3 is 0 Å². The second-order valence-electron chi connectivity index (χ2n) is 8.18. The van der Waals surface area contributed by atoms with Gasteiger partial charge in [0, 0.05) is 20.1 Å². The number of nitrogens with zero attached hydrogens (tertiary/aromatic N) is 5. The molecule has 8 heteroatoms. The molecule has 0 aliphatic carbocycles. The summed E-state index contributed by atoms with van der Waals surface area (Å²) in [4.78, 5) is 21.5. The van der Waals surface area contributed by atoms with E-state index < -0.39 is 11.2 Å². The molecule has 0 spiro atoms. The van der Waals surface area contributed by atoms with Crippen molar-refractivity contribution < 1.29 is 4.79 Å². The first kappa shape index (κ1) is 24.6. The molecule has 1 aliphatic rings. The van der Waals surface area contributed by atoms with Crippen LogP contribution in [0.15, 0.2) is 35.4 Å². The van der Waals surface area contributed by atoms with Crippen molar-refractivity contribution in [3.8, 4) is 12.1 Å². The number of rotatable bonds is 9. The predicted molar refractivity (Wildman–Crippen MR) is 131 cm³/mol. The summed E-state index contributed by atoms with van der Waals surface area (Å²) in [6.07, 6.45) is 4.24. The summed E-state index contributed by atoms with van der Waals surface area (Å²) in [5, 5.41) is 19.6. The van der Waals surface area contributed by atoms with Crippen LogP contribution in [0.3, 0.4) is 0 Å². The molecule has 33 heavy (non-hydrogen) atoms. The molecular formula is C25H30N6OS. The first-order valence-corrected chi connectivity index (χ1v) is 12.2. The largest absolute Gasteiger partial charge is 0.368 e. The highest BCUT2D eigenvalue weighted by atomic mass is 32.2. The number of nitrogens with two attached hydrogens (primary N) is 1. The van der Waals surface area contributed by atoms with Crippen molar-refractivity contribution in [3.05, 3.63) is 52.6 Å². The molecule has 1 aromatic carbocycles. The molecule has 1 aromatic heterocycles. The van der Waals surface area contributed by atoms with Gasteiger partial charge in [0.15, 0.2) is 0 Å². The first-order chi connectivity index (χ1) is 16.0. The number of primary amides is 1. The van der Waals surface area contributed by atoms with Crippen molar-refractivity contribution in [2.45, 2.75) is 42.9 Å². The molecule has 1 saturated heterocycles. The fraction of sp³-hybridized carbons (Fsp3) is 0.440. The maximum absolute atomic E-state index is 12.3. The zero-order valence-electron chi connectivity index (χ0n) is 19.3. The fourth-order valence-corrected chi connectivity index (χ4v) is 5.21. The SMILES string of the molecule is CCc1c(C#N)c(SC(C(N)=O)c2ccccc2)nc(N(C)CCN2CCCCC2)c1C#N. The van der Waals surface area contributed by atoms with E-state index in [9.17, 15) is 15.3 Å². The molecule has 0 radical (unpaired) electrons. The number of likely N-dealkylation sites (N-methyl/N-ethyl adjacent to an activating group) is 1. The van der Waals surface area contributed by atoms with Crippen LogP contribution in [-0.4, -0.2) is 49.0 Å². The monoisotopic (exact) mass is 462 g/mol. The molecule has 0 saturated carbocycles. The lowest BCUT2D eigenvalue weighted by atomic mass is 10.0. The van der Waals surface area contributed by atoms with E-state index in [-0.39, 0.29) is 0 Å². The topological polar surface area (TPSA) is 110 Å². The Kier molecular flexibility index (Phi) is 8.71. The molecule has 1 amide bonds. The number of aromatic nitrogens is 1. The first-order valence-electron chi connectivity index (χ1n) is 11.3. The van der Waals surface area contributed by atoms with Gasteiger partial charge in [-0.2, -0.15) is 10.5 Å². The van der Waals surface area contributed by atoms with Crippen LogP contribution in [-0.2, 0) is 11.2 Å². The number of piperidine rings is 1. The molecule has 1 fully saturated rings. The summed E-state index contributed by atoms with van der Waals surface area (Å²) in [6.45, 7) is 5.72. The molecule has 0 bridgehead atoms. The molecule has 3 rings (SSSR count). The van der Waals surface area contributed by atoms with Gasteiger partial charge in [-0.25, -0.2) is 4.98 Å². The minimum absolute atomic E-state index is 0.342. The zero-order valence-corrected chi connectivity index (χ0v) is 20.1. The molecule has 172 valence electrons. The lowest BCUT2D eigenvalue weighted by Gasteiger charge is -2.29. The molecule has 1 unspecified atom stereocenters. The Bertz CT molecular complexity index is 1050. The quantitative estimate of drug-likeness (QED) is 0.567. The van der Waals surface area contributed by atoms with Crippen LogP contribution < -0.4 is 10.6 Å². The van der Waals surface area contributed by atoms with Crippen LogP contribution in [0.5, 0.6) is 0 Å². The van der Waals surface area contributed by atoms with E-state index in [0.717, 1.165) is 31.7 Å². The summed E-state index contributed by atoms with van der Waals surface area (Å²) in [6, 6.07) is 13.7. The highest BCUT2D eigenvalue weighted by molar-refractivity contribution is 8.00. The second-order valence-corrected chi connectivity index (χ2v) is 9.27. The highest BCUT2D eigenvalue weighted by Crippen LogP contribution is 2.39. The summed E-state index contributed by atoms with van der Waals surface area (Å²) in [5.41, 5.74) is 7.91. The molecule has 1 aliphatic heterocycles. The molecule has 2 heterocycles. The number of likely N-dealkylation sites (tertiary alicyclic amines) is 1. The summed E-state index contributed by atoms with van der Waals surface area (Å²) in [5.74, 6) is 0.0449. The van der Waals surface area contributed by atoms with Crippen molar-refractivity contribution in [1.82, 2.24) is 9.88 Å². The predicted octanol–water partition coefficient (Wildman–Crippen LogP) is 3.63. The average Bonchev–Trinajstić information content (AvgIpc) is 2.85. The second kappa shape index (κ2) is 11.7. The number of benzene rings is 1. The van der Waals surface area contributed by atoms with E-state index in [1.807, 2.05) is 49.2 Å². The van der Waals surface area contributed by atoms with Crippen LogP contribution >= 0.6 is 11.8 Å². The van der Waals surface area contributed by atoms with E-state index in [2.05, 4.69) is 17.0 Å². The van der Waals surface area contributed by atoms with Crippen molar-refractivity contribution in [1.29, 1.82) is 10.5 Å². The maximum atomic E-state index is 12.3. The average molecular weight is 463 g/mol. The Morgan fingerprint density at radius 1 is 1.18 bits per heavy atom. The Morgan fingerprint density at radius 2 is 1.85 bits per heavy atom. The number of carbonyl (C=O) groups is 1. The van der Waals surface area contributed by atoms with Crippen molar-refractivity contribution in [2.75, 3.05) is 38.1 Å². The molecule has 1 atom stereocenters. The van der Waals surface area contributed by atoms with Gasteiger partial charge in [-0.15, -0.1) is 0 Å². The van der Waals surface area contributed by atoms with E-state index in [1.165, 1.54) is 31.0 Å². The number of thioether (sulfide) groups is 1.